The summed E-state index contributed by atoms with van der Waals surface area (Å²) in [5.41, 5.74) is 7.94. The summed E-state index contributed by atoms with van der Waals surface area (Å²) in [5, 5.41) is 0. The Hall–Kier alpha value is -1.61. The van der Waals surface area contributed by atoms with Gasteiger partial charge in [-0.05, 0) is 18.9 Å². The van der Waals surface area contributed by atoms with Crippen LogP contribution in [-0.4, -0.2) is 30.4 Å². The molecule has 92 valence electrons. The van der Waals surface area contributed by atoms with Gasteiger partial charge in [0.1, 0.15) is 0 Å². The van der Waals surface area contributed by atoms with Gasteiger partial charge in [-0.25, -0.2) is 0 Å². The van der Waals surface area contributed by atoms with Gasteiger partial charge in [0.15, 0.2) is 0 Å². The minimum Gasteiger partial charge on any atom is -0.340 e. The normalized spacial score (nSPS) is 11.9. The highest BCUT2D eigenvalue weighted by Crippen LogP contribution is 2.04. The number of hydrogen-bond donors (Lipinski definition) is 1. The average Bonchev–Trinajstić information content (AvgIpc) is 2.28. The summed E-state index contributed by atoms with van der Waals surface area (Å²) >= 11 is 0. The SMILES string of the molecule is C=C(C)CN(C)C(=O)C(N)Cc1ccccc1. The first-order valence-corrected chi connectivity index (χ1v) is 5.69. The smallest absolute Gasteiger partial charge is 0.239 e. The van der Waals surface area contributed by atoms with Gasteiger partial charge in [-0.1, -0.05) is 42.5 Å². The highest BCUT2D eigenvalue weighted by Gasteiger charge is 2.17. The first kappa shape index (κ1) is 13.5. The topological polar surface area (TPSA) is 46.3 Å². The van der Waals surface area contributed by atoms with Crippen molar-refractivity contribution < 1.29 is 4.79 Å². The number of amides is 1. The lowest BCUT2D eigenvalue weighted by Crippen LogP contribution is -2.43. The fourth-order valence-electron chi connectivity index (χ4n) is 1.72. The van der Waals surface area contributed by atoms with Crippen molar-refractivity contribution in [3.63, 3.8) is 0 Å². The highest BCUT2D eigenvalue weighted by molar-refractivity contribution is 5.81. The van der Waals surface area contributed by atoms with Crippen LogP contribution in [0.1, 0.15) is 12.5 Å². The van der Waals surface area contributed by atoms with Crippen molar-refractivity contribution in [2.24, 2.45) is 5.73 Å². The van der Waals surface area contributed by atoms with Crippen LogP contribution in [0.15, 0.2) is 42.5 Å². The van der Waals surface area contributed by atoms with Gasteiger partial charge in [0.05, 0.1) is 6.04 Å². The van der Waals surface area contributed by atoms with Crippen LogP contribution in [0, 0.1) is 0 Å². The molecule has 1 amide bonds. The molecule has 17 heavy (non-hydrogen) atoms. The first-order chi connectivity index (χ1) is 8.00. The third kappa shape index (κ3) is 4.41. The Morgan fingerprint density at radius 1 is 1.41 bits per heavy atom. The molecule has 0 heterocycles. The van der Waals surface area contributed by atoms with Crippen LogP contribution in [0.25, 0.3) is 0 Å². The fraction of sp³-hybridized carbons (Fsp3) is 0.357. The van der Waals surface area contributed by atoms with Crippen molar-refractivity contribution in [2.45, 2.75) is 19.4 Å². The third-order valence-corrected chi connectivity index (χ3v) is 2.50. The van der Waals surface area contributed by atoms with Crippen molar-refractivity contribution in [1.82, 2.24) is 4.90 Å². The third-order valence-electron chi connectivity index (χ3n) is 2.50. The predicted molar refractivity (Wildman–Crippen MR) is 70.6 cm³/mol. The summed E-state index contributed by atoms with van der Waals surface area (Å²) in [6, 6.07) is 9.32. The van der Waals surface area contributed by atoms with Gasteiger partial charge in [0, 0.05) is 13.6 Å². The van der Waals surface area contributed by atoms with Gasteiger partial charge < -0.3 is 10.6 Å². The molecular weight excluding hydrogens is 212 g/mol. The molecule has 1 rings (SSSR count). The van der Waals surface area contributed by atoms with Gasteiger partial charge in [0.2, 0.25) is 5.91 Å². The molecule has 1 aromatic carbocycles. The molecule has 2 N–H and O–H groups in total. The lowest BCUT2D eigenvalue weighted by atomic mass is 10.1. The molecule has 1 unspecified atom stereocenters. The summed E-state index contributed by atoms with van der Waals surface area (Å²) < 4.78 is 0. The summed E-state index contributed by atoms with van der Waals surface area (Å²) in [4.78, 5) is 13.6. The van der Waals surface area contributed by atoms with E-state index in [1.54, 1.807) is 11.9 Å². The number of likely N-dealkylation sites (N-methyl/N-ethyl adjacent to an activating group) is 1. The number of carbonyl (C=O) groups is 1. The lowest BCUT2D eigenvalue weighted by Gasteiger charge is -2.21. The minimum atomic E-state index is -0.484. The molecular formula is C14H20N2O. The van der Waals surface area contributed by atoms with Gasteiger partial charge >= 0.3 is 0 Å². The molecule has 0 bridgehead atoms. The van der Waals surface area contributed by atoms with Gasteiger partial charge in [-0.2, -0.15) is 0 Å². The summed E-state index contributed by atoms with van der Waals surface area (Å²) in [6.07, 6.45) is 0.570. The second-order valence-electron chi connectivity index (χ2n) is 4.45. The molecule has 0 radical (unpaired) electrons. The maximum atomic E-state index is 11.9. The van der Waals surface area contributed by atoms with Crippen LogP contribution < -0.4 is 5.73 Å². The Bertz CT molecular complexity index is 386. The maximum absolute atomic E-state index is 11.9. The average molecular weight is 232 g/mol. The number of rotatable bonds is 5. The van der Waals surface area contributed by atoms with E-state index >= 15 is 0 Å². The van der Waals surface area contributed by atoms with Crippen molar-refractivity contribution in [2.75, 3.05) is 13.6 Å². The van der Waals surface area contributed by atoms with Crippen LogP contribution in [0.4, 0.5) is 0 Å². The van der Waals surface area contributed by atoms with Crippen LogP contribution in [-0.2, 0) is 11.2 Å². The summed E-state index contributed by atoms with van der Waals surface area (Å²) in [7, 11) is 1.75. The van der Waals surface area contributed by atoms with Crippen LogP contribution in [0.3, 0.4) is 0 Å². The zero-order valence-electron chi connectivity index (χ0n) is 10.5. The molecule has 0 spiro atoms. The molecule has 0 saturated heterocycles. The van der Waals surface area contributed by atoms with Crippen molar-refractivity contribution in [3.05, 3.63) is 48.0 Å². The Labute approximate surface area is 103 Å². The standard InChI is InChI=1S/C14H20N2O/c1-11(2)10-16(3)14(17)13(15)9-12-7-5-4-6-8-12/h4-8,13H,1,9-10,15H2,2-3H3. The Balaban J connectivity index is 2.55. The Morgan fingerprint density at radius 2 is 2.00 bits per heavy atom. The van der Waals surface area contributed by atoms with E-state index in [0.717, 1.165) is 11.1 Å². The van der Waals surface area contributed by atoms with E-state index < -0.39 is 6.04 Å². The number of hydrogen-bond acceptors (Lipinski definition) is 2. The van der Waals surface area contributed by atoms with E-state index in [1.165, 1.54) is 0 Å². The van der Waals surface area contributed by atoms with E-state index in [2.05, 4.69) is 6.58 Å². The summed E-state index contributed by atoms with van der Waals surface area (Å²) in [5.74, 6) is -0.0446. The molecule has 0 aliphatic heterocycles. The molecule has 3 heteroatoms. The largest absolute Gasteiger partial charge is 0.340 e. The number of benzene rings is 1. The van der Waals surface area contributed by atoms with Crippen molar-refractivity contribution >= 4 is 5.91 Å². The van der Waals surface area contributed by atoms with E-state index in [0.29, 0.717) is 13.0 Å². The fourth-order valence-corrected chi connectivity index (χ4v) is 1.72. The summed E-state index contributed by atoms with van der Waals surface area (Å²) in [6.45, 7) is 6.24. The van der Waals surface area contributed by atoms with Gasteiger partial charge in [-0.15, -0.1) is 0 Å². The Kier molecular flexibility index (Phi) is 4.91. The minimum absolute atomic E-state index is 0.0446. The quantitative estimate of drug-likeness (QED) is 0.784. The molecule has 0 aromatic heterocycles. The zero-order valence-corrected chi connectivity index (χ0v) is 10.5. The van der Waals surface area contributed by atoms with Crippen molar-refractivity contribution in [3.8, 4) is 0 Å². The van der Waals surface area contributed by atoms with Crippen LogP contribution in [0.5, 0.6) is 0 Å². The number of nitrogens with zero attached hydrogens (tertiary/aromatic N) is 1. The zero-order chi connectivity index (χ0) is 12.8. The molecule has 0 aliphatic rings. The molecule has 0 fully saturated rings. The Morgan fingerprint density at radius 3 is 2.53 bits per heavy atom. The number of carbonyl (C=O) groups excluding carboxylic acids is 1. The second kappa shape index (κ2) is 6.21. The van der Waals surface area contributed by atoms with E-state index in [4.69, 9.17) is 5.73 Å². The maximum Gasteiger partial charge on any atom is 0.239 e. The van der Waals surface area contributed by atoms with Crippen molar-refractivity contribution in [1.29, 1.82) is 0 Å². The van der Waals surface area contributed by atoms with Crippen LogP contribution in [0.2, 0.25) is 0 Å². The van der Waals surface area contributed by atoms with E-state index in [-0.39, 0.29) is 5.91 Å². The van der Waals surface area contributed by atoms with Gasteiger partial charge in [-0.3, -0.25) is 4.79 Å². The molecule has 0 saturated carbocycles. The monoisotopic (exact) mass is 232 g/mol. The van der Waals surface area contributed by atoms with Crippen LogP contribution >= 0.6 is 0 Å². The van der Waals surface area contributed by atoms with E-state index in [1.807, 2.05) is 37.3 Å². The lowest BCUT2D eigenvalue weighted by molar-refractivity contribution is -0.130. The molecule has 3 nitrogen and oxygen atoms in total. The highest BCUT2D eigenvalue weighted by atomic mass is 16.2. The second-order valence-corrected chi connectivity index (χ2v) is 4.45. The molecule has 0 aliphatic carbocycles. The predicted octanol–water partition coefficient (Wildman–Crippen LogP) is 1.59. The molecule has 1 aromatic rings. The van der Waals surface area contributed by atoms with Gasteiger partial charge in [0.25, 0.3) is 0 Å². The number of nitrogens with two attached hydrogens (primary N) is 1. The van der Waals surface area contributed by atoms with E-state index in [9.17, 15) is 4.79 Å². The molecule has 1 atom stereocenters. The first-order valence-electron chi connectivity index (χ1n) is 5.69.